The van der Waals surface area contributed by atoms with E-state index in [9.17, 15) is 4.79 Å². The lowest BCUT2D eigenvalue weighted by Crippen LogP contribution is -2.44. The zero-order chi connectivity index (χ0) is 23.6. The van der Waals surface area contributed by atoms with Crippen LogP contribution in [0.15, 0.2) is 89.6 Å². The summed E-state index contributed by atoms with van der Waals surface area (Å²) in [5.41, 5.74) is 4.04. The Bertz CT molecular complexity index is 1450. The van der Waals surface area contributed by atoms with Crippen LogP contribution in [0.3, 0.4) is 0 Å². The molecule has 3 aromatic heterocycles. The van der Waals surface area contributed by atoms with Gasteiger partial charge in [0.25, 0.3) is 5.91 Å². The van der Waals surface area contributed by atoms with Gasteiger partial charge in [-0.3, -0.25) is 14.7 Å². The number of fused-ring (bicyclic) bond motifs is 2. The quantitative estimate of drug-likeness (QED) is 0.377. The number of furan rings is 1. The van der Waals surface area contributed by atoms with Crippen LogP contribution in [0.2, 0.25) is 0 Å². The minimum atomic E-state index is -0.138. The summed E-state index contributed by atoms with van der Waals surface area (Å²) in [4.78, 5) is 24.6. The predicted octanol–water partition coefficient (Wildman–Crippen LogP) is 5.44. The molecular formula is C29H26N4O2. The first-order valence-corrected chi connectivity index (χ1v) is 12.0. The number of carbonyl (C=O) groups is 1. The van der Waals surface area contributed by atoms with Crippen LogP contribution in [-0.4, -0.2) is 39.9 Å². The van der Waals surface area contributed by atoms with Crippen LogP contribution in [0.5, 0.6) is 0 Å². The topological polar surface area (TPSA) is 71.3 Å². The molecule has 0 radical (unpaired) electrons. The fourth-order valence-electron chi connectivity index (χ4n) is 4.80. The number of likely N-dealkylation sites (tertiary alicyclic amines) is 1. The average molecular weight is 463 g/mol. The highest BCUT2D eigenvalue weighted by atomic mass is 16.3. The van der Waals surface area contributed by atoms with Crippen LogP contribution in [0.25, 0.3) is 33.2 Å². The van der Waals surface area contributed by atoms with E-state index in [0.717, 1.165) is 54.4 Å². The molecular weight excluding hydrogens is 436 g/mol. The van der Waals surface area contributed by atoms with Crippen LogP contribution in [-0.2, 0) is 6.54 Å². The van der Waals surface area contributed by atoms with Gasteiger partial charge in [0.05, 0.1) is 11.1 Å². The zero-order valence-corrected chi connectivity index (χ0v) is 19.4. The van der Waals surface area contributed by atoms with Crippen LogP contribution in [0, 0.1) is 0 Å². The Balaban J connectivity index is 1.17. The molecule has 5 aromatic rings. The molecule has 1 saturated heterocycles. The maximum atomic E-state index is 13.1. The van der Waals surface area contributed by atoms with E-state index in [1.54, 1.807) is 18.5 Å². The van der Waals surface area contributed by atoms with E-state index in [4.69, 9.17) is 9.40 Å². The van der Waals surface area contributed by atoms with Gasteiger partial charge in [0, 0.05) is 48.8 Å². The van der Waals surface area contributed by atoms with E-state index in [2.05, 4.69) is 39.5 Å². The van der Waals surface area contributed by atoms with E-state index in [0.29, 0.717) is 17.0 Å². The number of hydrogen-bond donors (Lipinski definition) is 1. The molecule has 0 unspecified atom stereocenters. The van der Waals surface area contributed by atoms with Crippen molar-refractivity contribution in [2.75, 3.05) is 13.1 Å². The van der Waals surface area contributed by atoms with E-state index < -0.39 is 0 Å². The van der Waals surface area contributed by atoms with E-state index >= 15 is 0 Å². The molecule has 4 heterocycles. The van der Waals surface area contributed by atoms with Crippen molar-refractivity contribution in [2.24, 2.45) is 0 Å². The first kappa shape index (κ1) is 21.5. The molecule has 0 spiro atoms. The Morgan fingerprint density at radius 1 is 0.943 bits per heavy atom. The van der Waals surface area contributed by atoms with Crippen LogP contribution >= 0.6 is 0 Å². The largest absolute Gasteiger partial charge is 0.456 e. The van der Waals surface area contributed by atoms with Gasteiger partial charge < -0.3 is 9.73 Å². The second kappa shape index (κ2) is 9.31. The summed E-state index contributed by atoms with van der Waals surface area (Å²) in [7, 11) is 0. The number of pyridine rings is 2. The van der Waals surface area contributed by atoms with E-state index in [-0.39, 0.29) is 11.9 Å². The van der Waals surface area contributed by atoms with E-state index in [1.807, 2.05) is 42.5 Å². The normalized spacial score (nSPS) is 15.0. The Kier molecular flexibility index (Phi) is 5.72. The summed E-state index contributed by atoms with van der Waals surface area (Å²) in [5.74, 6) is 0.556. The molecule has 35 heavy (non-hydrogen) atoms. The summed E-state index contributed by atoms with van der Waals surface area (Å²) in [6.45, 7) is 2.88. The maximum absolute atomic E-state index is 13.1. The van der Waals surface area contributed by atoms with Gasteiger partial charge in [0.2, 0.25) is 0 Å². The lowest BCUT2D eigenvalue weighted by atomic mass is 10.0. The first-order chi connectivity index (χ1) is 17.2. The molecule has 0 saturated carbocycles. The van der Waals surface area contributed by atoms with Crippen LogP contribution in [0.4, 0.5) is 0 Å². The number of amides is 1. The number of hydrogen-bond acceptors (Lipinski definition) is 5. The van der Waals surface area contributed by atoms with Gasteiger partial charge in [-0.05, 0) is 42.7 Å². The van der Waals surface area contributed by atoms with Gasteiger partial charge in [-0.1, -0.05) is 48.5 Å². The second-order valence-electron chi connectivity index (χ2n) is 9.11. The van der Waals surface area contributed by atoms with E-state index in [1.165, 1.54) is 5.56 Å². The van der Waals surface area contributed by atoms with Crippen molar-refractivity contribution in [3.05, 3.63) is 96.4 Å². The van der Waals surface area contributed by atoms with Gasteiger partial charge in [0.15, 0.2) is 0 Å². The highest BCUT2D eigenvalue weighted by Gasteiger charge is 2.22. The molecule has 6 heteroatoms. The monoisotopic (exact) mass is 462 g/mol. The lowest BCUT2D eigenvalue weighted by molar-refractivity contribution is 0.0904. The third kappa shape index (κ3) is 4.53. The fraction of sp³-hybridized carbons (Fsp3) is 0.207. The van der Waals surface area contributed by atoms with Crippen molar-refractivity contribution < 1.29 is 9.21 Å². The summed E-state index contributed by atoms with van der Waals surface area (Å²) in [6, 6.07) is 24.2. The lowest BCUT2D eigenvalue weighted by Gasteiger charge is -2.32. The van der Waals surface area contributed by atoms with Gasteiger partial charge in [-0.25, -0.2) is 4.98 Å². The summed E-state index contributed by atoms with van der Waals surface area (Å²) in [6.07, 6.45) is 5.37. The van der Waals surface area contributed by atoms with Crippen molar-refractivity contribution in [3.8, 4) is 11.3 Å². The Hall–Kier alpha value is -4.03. The summed E-state index contributed by atoms with van der Waals surface area (Å²) >= 11 is 0. The van der Waals surface area contributed by atoms with Crippen molar-refractivity contribution in [2.45, 2.75) is 25.4 Å². The number of carbonyl (C=O) groups excluding carboxylic acids is 1. The van der Waals surface area contributed by atoms with Crippen LogP contribution in [0.1, 0.15) is 28.9 Å². The SMILES string of the molecule is O=C(NC1CCN(Cc2ccccc2)CC1)c1ccc2cncc(-c3cc4ccccc4o3)c2n1. The van der Waals surface area contributed by atoms with Gasteiger partial charge in [-0.15, -0.1) is 0 Å². The molecule has 1 fully saturated rings. The second-order valence-corrected chi connectivity index (χ2v) is 9.11. The summed E-state index contributed by atoms with van der Waals surface area (Å²) in [5, 5.41) is 5.09. The minimum Gasteiger partial charge on any atom is -0.456 e. The molecule has 174 valence electrons. The Morgan fingerprint density at radius 2 is 1.74 bits per heavy atom. The number of nitrogens with zero attached hydrogens (tertiary/aromatic N) is 3. The molecule has 0 atom stereocenters. The highest BCUT2D eigenvalue weighted by Crippen LogP contribution is 2.31. The standard InChI is InChI=1S/C29H26N4O2/c34-29(31-23-12-14-33(15-13-23)19-20-6-2-1-3-7-20)25-11-10-22-17-30-18-24(28(22)32-25)27-16-21-8-4-5-9-26(21)35-27/h1-11,16-18,23H,12-15,19H2,(H,31,34). The molecule has 1 aliphatic heterocycles. The molecule has 6 rings (SSSR count). The predicted molar refractivity (Wildman–Crippen MR) is 137 cm³/mol. The number of benzene rings is 2. The molecule has 1 N–H and O–H groups in total. The van der Waals surface area contributed by atoms with Crippen molar-refractivity contribution in [1.82, 2.24) is 20.2 Å². The molecule has 6 nitrogen and oxygen atoms in total. The maximum Gasteiger partial charge on any atom is 0.270 e. The third-order valence-corrected chi connectivity index (χ3v) is 6.69. The van der Waals surface area contributed by atoms with Gasteiger partial charge in [0.1, 0.15) is 17.0 Å². The molecule has 1 aliphatic rings. The number of para-hydroxylation sites is 1. The van der Waals surface area contributed by atoms with Crippen molar-refractivity contribution >= 4 is 27.8 Å². The molecule has 0 aliphatic carbocycles. The zero-order valence-electron chi connectivity index (χ0n) is 19.4. The highest BCUT2D eigenvalue weighted by molar-refractivity contribution is 5.99. The fourth-order valence-corrected chi connectivity index (χ4v) is 4.80. The van der Waals surface area contributed by atoms with Gasteiger partial charge in [-0.2, -0.15) is 0 Å². The first-order valence-electron chi connectivity index (χ1n) is 12.0. The minimum absolute atomic E-state index is 0.138. The average Bonchev–Trinajstić information content (AvgIpc) is 3.34. The molecule has 0 bridgehead atoms. The summed E-state index contributed by atoms with van der Waals surface area (Å²) < 4.78 is 6.05. The smallest absolute Gasteiger partial charge is 0.270 e. The number of piperidine rings is 1. The molecule has 2 aromatic carbocycles. The van der Waals surface area contributed by atoms with Crippen molar-refractivity contribution in [1.29, 1.82) is 0 Å². The Labute approximate surface area is 203 Å². The van der Waals surface area contributed by atoms with Crippen LogP contribution < -0.4 is 5.32 Å². The number of aromatic nitrogens is 2. The van der Waals surface area contributed by atoms with Crippen molar-refractivity contribution in [3.63, 3.8) is 0 Å². The number of rotatable bonds is 5. The molecule has 1 amide bonds. The third-order valence-electron chi connectivity index (χ3n) is 6.69. The van der Waals surface area contributed by atoms with Gasteiger partial charge >= 0.3 is 0 Å². The Morgan fingerprint density at radius 3 is 2.57 bits per heavy atom. The number of nitrogens with one attached hydrogen (secondary N) is 1.